The van der Waals surface area contributed by atoms with Gasteiger partial charge in [-0.2, -0.15) is 0 Å². The molecule has 0 radical (unpaired) electrons. The van der Waals surface area contributed by atoms with Crippen LogP contribution in [0, 0.1) is 11.6 Å². The third-order valence-corrected chi connectivity index (χ3v) is 4.56. The van der Waals surface area contributed by atoms with Gasteiger partial charge >= 0.3 is 5.97 Å². The van der Waals surface area contributed by atoms with E-state index in [-0.39, 0.29) is 5.56 Å². The molecule has 3 rings (SSSR count). The maximum Gasteiger partial charge on any atom is 0.338 e. The third-order valence-electron chi connectivity index (χ3n) is 4.56. The lowest BCUT2D eigenvalue weighted by atomic mass is 10.1. The van der Waals surface area contributed by atoms with Gasteiger partial charge in [0.25, 0.3) is 5.91 Å². The second-order valence-electron chi connectivity index (χ2n) is 6.72. The summed E-state index contributed by atoms with van der Waals surface area (Å²) in [5.74, 6) is -3.34. The average Bonchev–Trinajstić information content (AvgIpc) is 2.72. The Morgan fingerprint density at radius 3 is 2.34 bits per heavy atom. The molecule has 8 heteroatoms. The summed E-state index contributed by atoms with van der Waals surface area (Å²) in [7, 11) is 0. The van der Waals surface area contributed by atoms with Crippen molar-refractivity contribution in [2.75, 3.05) is 31.6 Å². The van der Waals surface area contributed by atoms with E-state index in [0.717, 1.165) is 37.3 Å². The molecule has 154 valence electrons. The largest absolute Gasteiger partial charge is 0.449 e. The number of amides is 1. The van der Waals surface area contributed by atoms with Crippen molar-refractivity contribution in [2.24, 2.45) is 0 Å². The minimum Gasteiger partial charge on any atom is -0.449 e. The van der Waals surface area contributed by atoms with E-state index in [9.17, 15) is 18.4 Å². The maximum atomic E-state index is 13.6. The summed E-state index contributed by atoms with van der Waals surface area (Å²) in [4.78, 5) is 26.6. The van der Waals surface area contributed by atoms with Gasteiger partial charge in [0.15, 0.2) is 6.10 Å². The first-order valence-electron chi connectivity index (χ1n) is 9.29. The Hall–Kier alpha value is -2.84. The van der Waals surface area contributed by atoms with Crippen LogP contribution in [0.2, 0.25) is 0 Å². The van der Waals surface area contributed by atoms with Gasteiger partial charge in [0.05, 0.1) is 18.8 Å². The van der Waals surface area contributed by atoms with Crippen LogP contribution in [-0.4, -0.2) is 49.2 Å². The van der Waals surface area contributed by atoms with Crippen molar-refractivity contribution in [1.29, 1.82) is 0 Å². The zero-order chi connectivity index (χ0) is 20.8. The number of morpholine rings is 1. The molecular weight excluding hydrogens is 382 g/mol. The topological polar surface area (TPSA) is 67.9 Å². The molecule has 1 aliphatic heterocycles. The number of para-hydroxylation sites is 1. The number of rotatable bonds is 6. The molecule has 0 saturated carbocycles. The van der Waals surface area contributed by atoms with E-state index < -0.39 is 35.3 Å². The van der Waals surface area contributed by atoms with Gasteiger partial charge in [-0.05, 0) is 36.8 Å². The Morgan fingerprint density at radius 2 is 1.72 bits per heavy atom. The molecule has 1 amide bonds. The molecule has 1 heterocycles. The van der Waals surface area contributed by atoms with E-state index in [1.807, 2.05) is 12.1 Å². The summed E-state index contributed by atoms with van der Waals surface area (Å²) in [6.45, 7) is 5.23. The quantitative estimate of drug-likeness (QED) is 0.750. The monoisotopic (exact) mass is 404 g/mol. The highest BCUT2D eigenvalue weighted by Gasteiger charge is 2.21. The number of hydrogen-bond acceptors (Lipinski definition) is 5. The lowest BCUT2D eigenvalue weighted by Crippen LogP contribution is -2.35. The second kappa shape index (κ2) is 9.58. The number of nitrogens with one attached hydrogen (secondary N) is 1. The molecule has 0 aromatic heterocycles. The molecule has 1 saturated heterocycles. The lowest BCUT2D eigenvalue weighted by Gasteiger charge is -2.26. The second-order valence-corrected chi connectivity index (χ2v) is 6.72. The number of halogens is 2. The van der Waals surface area contributed by atoms with E-state index >= 15 is 0 Å². The highest BCUT2D eigenvalue weighted by molar-refractivity contribution is 5.97. The minimum atomic E-state index is -1.23. The Kier molecular flexibility index (Phi) is 6.90. The number of nitrogens with zero attached hydrogens (tertiary/aromatic N) is 1. The fourth-order valence-electron chi connectivity index (χ4n) is 2.89. The zero-order valence-electron chi connectivity index (χ0n) is 16.0. The fraction of sp³-hybridized carbons (Fsp3) is 0.333. The Labute approximate surface area is 167 Å². The van der Waals surface area contributed by atoms with Crippen LogP contribution < -0.4 is 5.32 Å². The van der Waals surface area contributed by atoms with Gasteiger partial charge in [-0.25, -0.2) is 13.6 Å². The van der Waals surface area contributed by atoms with Crippen LogP contribution in [0.25, 0.3) is 0 Å². The van der Waals surface area contributed by atoms with Crippen molar-refractivity contribution in [1.82, 2.24) is 4.90 Å². The molecule has 1 atom stereocenters. The van der Waals surface area contributed by atoms with Crippen molar-refractivity contribution in [3.05, 3.63) is 65.2 Å². The summed E-state index contributed by atoms with van der Waals surface area (Å²) < 4.78 is 37.7. The molecule has 1 N–H and O–H groups in total. The van der Waals surface area contributed by atoms with Gasteiger partial charge in [0.2, 0.25) is 0 Å². The number of anilines is 1. The summed E-state index contributed by atoms with van der Waals surface area (Å²) >= 11 is 0. The van der Waals surface area contributed by atoms with Gasteiger partial charge < -0.3 is 14.8 Å². The summed E-state index contributed by atoms with van der Waals surface area (Å²) in [6, 6.07) is 10.1. The molecule has 1 aliphatic rings. The normalized spacial score (nSPS) is 15.6. The SMILES string of the molecule is C[C@@H](OC(=O)c1ccc(CN2CCOCC2)cc1)C(=O)Nc1c(F)cccc1F. The van der Waals surface area contributed by atoms with E-state index in [0.29, 0.717) is 13.2 Å². The first-order chi connectivity index (χ1) is 13.9. The van der Waals surface area contributed by atoms with Gasteiger partial charge in [0.1, 0.15) is 17.3 Å². The molecule has 6 nitrogen and oxygen atoms in total. The minimum absolute atomic E-state index is 0.285. The van der Waals surface area contributed by atoms with Gasteiger partial charge in [0, 0.05) is 19.6 Å². The molecule has 2 aromatic carbocycles. The summed E-state index contributed by atoms with van der Waals surface area (Å²) in [5, 5.41) is 2.11. The first kappa shape index (κ1) is 20.9. The van der Waals surface area contributed by atoms with Gasteiger partial charge in [-0.15, -0.1) is 0 Å². The number of esters is 1. The fourth-order valence-corrected chi connectivity index (χ4v) is 2.89. The van der Waals surface area contributed by atoms with E-state index in [1.165, 1.54) is 13.0 Å². The lowest BCUT2D eigenvalue weighted by molar-refractivity contribution is -0.123. The number of ether oxygens (including phenoxy) is 2. The van der Waals surface area contributed by atoms with Crippen molar-refractivity contribution < 1.29 is 27.8 Å². The Balaban J connectivity index is 1.55. The Morgan fingerprint density at radius 1 is 1.10 bits per heavy atom. The predicted octanol–water partition coefficient (Wildman–Crippen LogP) is 2.98. The highest BCUT2D eigenvalue weighted by atomic mass is 19.1. The van der Waals surface area contributed by atoms with Crippen LogP contribution in [0.15, 0.2) is 42.5 Å². The third kappa shape index (κ3) is 5.58. The number of benzene rings is 2. The first-order valence-corrected chi connectivity index (χ1v) is 9.29. The van der Waals surface area contributed by atoms with Crippen molar-refractivity contribution in [2.45, 2.75) is 19.6 Å². The van der Waals surface area contributed by atoms with Crippen LogP contribution in [0.1, 0.15) is 22.8 Å². The molecule has 0 unspecified atom stereocenters. The molecule has 2 aromatic rings. The van der Waals surface area contributed by atoms with Crippen LogP contribution in [0.3, 0.4) is 0 Å². The summed E-state index contributed by atoms with van der Waals surface area (Å²) in [6.07, 6.45) is -1.23. The predicted molar refractivity (Wildman–Crippen MR) is 102 cm³/mol. The smallest absolute Gasteiger partial charge is 0.338 e. The van der Waals surface area contributed by atoms with E-state index in [1.54, 1.807) is 12.1 Å². The number of carbonyl (C=O) groups excluding carboxylic acids is 2. The zero-order valence-corrected chi connectivity index (χ0v) is 16.0. The average molecular weight is 404 g/mol. The van der Waals surface area contributed by atoms with Crippen molar-refractivity contribution in [3.63, 3.8) is 0 Å². The van der Waals surface area contributed by atoms with Gasteiger partial charge in [-0.3, -0.25) is 9.69 Å². The van der Waals surface area contributed by atoms with Crippen LogP contribution >= 0.6 is 0 Å². The number of hydrogen-bond donors (Lipinski definition) is 1. The molecular formula is C21H22F2N2O4. The van der Waals surface area contributed by atoms with Crippen LogP contribution in [0.5, 0.6) is 0 Å². The van der Waals surface area contributed by atoms with Crippen molar-refractivity contribution in [3.8, 4) is 0 Å². The molecule has 29 heavy (non-hydrogen) atoms. The molecule has 0 aliphatic carbocycles. The Bertz CT molecular complexity index is 847. The van der Waals surface area contributed by atoms with Crippen LogP contribution in [0.4, 0.5) is 14.5 Å². The van der Waals surface area contributed by atoms with Crippen molar-refractivity contribution >= 4 is 17.6 Å². The molecule has 0 bridgehead atoms. The van der Waals surface area contributed by atoms with Gasteiger partial charge in [-0.1, -0.05) is 18.2 Å². The highest BCUT2D eigenvalue weighted by Crippen LogP contribution is 2.18. The maximum absolute atomic E-state index is 13.6. The van der Waals surface area contributed by atoms with Crippen LogP contribution in [-0.2, 0) is 20.8 Å². The standard InChI is InChI=1S/C21H22F2N2O4/c1-14(20(26)24-19-17(22)3-2-4-18(19)23)29-21(27)16-7-5-15(6-8-16)13-25-9-11-28-12-10-25/h2-8,14H,9-13H2,1H3,(H,24,26)/t14-/m1/s1. The van der Waals surface area contributed by atoms with E-state index in [2.05, 4.69) is 10.2 Å². The van der Waals surface area contributed by atoms with E-state index in [4.69, 9.17) is 9.47 Å². The molecule has 1 fully saturated rings. The summed E-state index contributed by atoms with van der Waals surface area (Å²) in [5.41, 5.74) is 0.754. The number of carbonyl (C=O) groups is 2. The molecule has 0 spiro atoms.